The number of H-pyrrole nitrogens is 1. The number of hydrogen-bond acceptors (Lipinski definition) is 5. The van der Waals surface area contributed by atoms with Crippen LogP contribution in [0.3, 0.4) is 0 Å². The molecule has 3 aromatic rings. The zero-order valence-corrected chi connectivity index (χ0v) is 13.6. The molecular formula is C17H17N5S. The fourth-order valence-electron chi connectivity index (χ4n) is 2.11. The van der Waals surface area contributed by atoms with Gasteiger partial charge in [-0.05, 0) is 29.3 Å². The quantitative estimate of drug-likeness (QED) is 0.310. The van der Waals surface area contributed by atoms with E-state index in [1.165, 1.54) is 22.5 Å². The summed E-state index contributed by atoms with van der Waals surface area (Å²) in [5.41, 5.74) is 4.86. The molecule has 1 aromatic heterocycles. The number of hydrogen-bond donors (Lipinski definition) is 2. The van der Waals surface area contributed by atoms with Crippen LogP contribution in [0.15, 0.2) is 65.4 Å². The second kappa shape index (κ2) is 7.11. The molecule has 2 N–H and O–H groups in total. The molecule has 5 nitrogen and oxygen atoms in total. The van der Waals surface area contributed by atoms with Crippen molar-refractivity contribution < 1.29 is 0 Å². The van der Waals surface area contributed by atoms with Crippen LogP contribution in [0.25, 0.3) is 10.8 Å². The number of thioether (sulfide) groups is 1. The van der Waals surface area contributed by atoms with Gasteiger partial charge in [-0.25, -0.2) is 10.5 Å². The predicted octanol–water partition coefficient (Wildman–Crippen LogP) is 4.07. The summed E-state index contributed by atoms with van der Waals surface area (Å²) in [6, 6.07) is 14.6. The summed E-state index contributed by atoms with van der Waals surface area (Å²) < 4.78 is 0. The highest BCUT2D eigenvalue weighted by Crippen LogP contribution is 2.17. The van der Waals surface area contributed by atoms with Crippen molar-refractivity contribution in [2.24, 2.45) is 5.10 Å². The molecule has 0 bridgehead atoms. The summed E-state index contributed by atoms with van der Waals surface area (Å²) in [5.74, 6) is 1.30. The number of rotatable bonds is 6. The van der Waals surface area contributed by atoms with E-state index < -0.39 is 0 Å². The summed E-state index contributed by atoms with van der Waals surface area (Å²) in [6.45, 7) is 5.63. The van der Waals surface area contributed by atoms with E-state index in [1.54, 1.807) is 0 Å². The number of fused-ring (bicyclic) bond motifs is 1. The first-order chi connectivity index (χ1) is 11.3. The van der Waals surface area contributed by atoms with E-state index in [0.717, 1.165) is 17.0 Å². The van der Waals surface area contributed by atoms with Crippen LogP contribution < -0.4 is 5.43 Å². The standard InChI is InChI=1S/C17H17N5S/c1-3-10-23-17-18-16(21-22-17)20-19-12(2)14-9-8-13-6-4-5-7-15(13)11-14/h3-9,11H,1,10H2,2H3,(H2,18,20,21,22)/b19-12+. The molecule has 1 heterocycles. The lowest BCUT2D eigenvalue weighted by Crippen LogP contribution is -2.00. The third-order valence-electron chi connectivity index (χ3n) is 3.29. The van der Waals surface area contributed by atoms with Gasteiger partial charge in [0.25, 0.3) is 0 Å². The number of anilines is 1. The summed E-state index contributed by atoms with van der Waals surface area (Å²) in [6.07, 6.45) is 1.82. The molecule has 0 saturated carbocycles. The first-order valence-corrected chi connectivity index (χ1v) is 8.20. The fraction of sp³-hybridized carbons (Fsp3) is 0.118. The molecule has 0 aliphatic rings. The summed E-state index contributed by atoms with van der Waals surface area (Å²) in [4.78, 5) is 4.29. The van der Waals surface area contributed by atoms with E-state index in [1.807, 2.05) is 25.1 Å². The van der Waals surface area contributed by atoms with Gasteiger partial charge in [0.1, 0.15) is 0 Å². The van der Waals surface area contributed by atoms with Crippen molar-refractivity contribution in [2.45, 2.75) is 12.1 Å². The number of aromatic nitrogens is 3. The molecule has 0 aliphatic carbocycles. The van der Waals surface area contributed by atoms with Crippen LogP contribution in [0.5, 0.6) is 0 Å². The van der Waals surface area contributed by atoms with Crippen molar-refractivity contribution >= 4 is 34.2 Å². The zero-order valence-electron chi connectivity index (χ0n) is 12.8. The molecule has 0 unspecified atom stereocenters. The number of nitrogens with one attached hydrogen (secondary N) is 2. The molecule has 0 spiro atoms. The topological polar surface area (TPSA) is 66.0 Å². The normalized spacial score (nSPS) is 11.6. The largest absolute Gasteiger partial charge is 0.245 e. The van der Waals surface area contributed by atoms with Gasteiger partial charge in [0, 0.05) is 5.75 Å². The van der Waals surface area contributed by atoms with Gasteiger partial charge in [-0.1, -0.05) is 54.2 Å². The Hall–Kier alpha value is -2.60. The summed E-state index contributed by atoms with van der Waals surface area (Å²) in [7, 11) is 0. The van der Waals surface area contributed by atoms with Crippen molar-refractivity contribution in [1.82, 2.24) is 15.2 Å². The molecule has 0 saturated heterocycles. The molecular weight excluding hydrogens is 306 g/mol. The van der Waals surface area contributed by atoms with Crippen molar-refractivity contribution in [2.75, 3.05) is 11.2 Å². The highest BCUT2D eigenvalue weighted by molar-refractivity contribution is 7.99. The second-order valence-electron chi connectivity index (χ2n) is 4.94. The molecule has 3 rings (SSSR count). The van der Waals surface area contributed by atoms with Gasteiger partial charge in [-0.2, -0.15) is 10.1 Å². The monoisotopic (exact) mass is 323 g/mol. The van der Waals surface area contributed by atoms with Crippen LogP contribution >= 0.6 is 11.8 Å². The summed E-state index contributed by atoms with van der Waals surface area (Å²) in [5, 5.41) is 14.4. The molecule has 2 aromatic carbocycles. The van der Waals surface area contributed by atoms with Gasteiger partial charge in [0.2, 0.25) is 11.1 Å². The van der Waals surface area contributed by atoms with Crippen LogP contribution in [0.2, 0.25) is 0 Å². The average Bonchev–Trinajstić information content (AvgIpc) is 3.05. The Bertz CT molecular complexity index is 853. The van der Waals surface area contributed by atoms with E-state index >= 15 is 0 Å². The third-order valence-corrected chi connectivity index (χ3v) is 4.14. The lowest BCUT2D eigenvalue weighted by Gasteiger charge is -2.03. The third kappa shape index (κ3) is 3.78. The van der Waals surface area contributed by atoms with Crippen LogP contribution in [-0.2, 0) is 0 Å². The molecule has 0 aliphatic heterocycles. The van der Waals surface area contributed by atoms with Crippen LogP contribution in [-0.4, -0.2) is 26.6 Å². The van der Waals surface area contributed by atoms with Gasteiger partial charge in [-0.15, -0.1) is 11.7 Å². The van der Waals surface area contributed by atoms with Crippen molar-refractivity contribution in [3.8, 4) is 0 Å². The van der Waals surface area contributed by atoms with Gasteiger partial charge in [0.05, 0.1) is 5.71 Å². The van der Waals surface area contributed by atoms with Gasteiger partial charge < -0.3 is 0 Å². The van der Waals surface area contributed by atoms with E-state index in [9.17, 15) is 0 Å². The molecule has 0 radical (unpaired) electrons. The Morgan fingerprint density at radius 2 is 2.13 bits per heavy atom. The molecule has 0 atom stereocenters. The Balaban J connectivity index is 1.73. The molecule has 0 fully saturated rings. The Kier molecular flexibility index (Phi) is 4.73. The van der Waals surface area contributed by atoms with Gasteiger partial charge in [-0.3, -0.25) is 0 Å². The maximum absolute atomic E-state index is 4.37. The number of nitrogens with zero attached hydrogens (tertiary/aromatic N) is 3. The maximum Gasteiger partial charge on any atom is 0.240 e. The first kappa shape index (κ1) is 15.3. The van der Waals surface area contributed by atoms with Crippen LogP contribution in [0, 0.1) is 0 Å². The molecule has 0 amide bonds. The minimum Gasteiger partial charge on any atom is -0.245 e. The number of benzene rings is 2. The second-order valence-corrected chi connectivity index (χ2v) is 5.92. The van der Waals surface area contributed by atoms with Gasteiger partial charge in [0.15, 0.2) is 0 Å². The Morgan fingerprint density at radius 1 is 1.30 bits per heavy atom. The fourth-order valence-corrected chi connectivity index (χ4v) is 2.64. The lowest BCUT2D eigenvalue weighted by molar-refractivity contribution is 0.974. The number of hydrazone groups is 1. The average molecular weight is 323 g/mol. The highest BCUT2D eigenvalue weighted by atomic mass is 32.2. The van der Waals surface area contributed by atoms with Crippen molar-refractivity contribution in [1.29, 1.82) is 0 Å². The van der Waals surface area contributed by atoms with E-state index in [4.69, 9.17) is 0 Å². The molecule has 116 valence electrons. The maximum atomic E-state index is 4.37. The zero-order chi connectivity index (χ0) is 16.1. The van der Waals surface area contributed by atoms with E-state index in [-0.39, 0.29) is 0 Å². The minimum absolute atomic E-state index is 0.525. The van der Waals surface area contributed by atoms with Gasteiger partial charge >= 0.3 is 0 Å². The smallest absolute Gasteiger partial charge is 0.240 e. The van der Waals surface area contributed by atoms with Crippen LogP contribution in [0.1, 0.15) is 12.5 Å². The van der Waals surface area contributed by atoms with E-state index in [2.05, 4.69) is 62.6 Å². The Morgan fingerprint density at radius 3 is 2.96 bits per heavy atom. The van der Waals surface area contributed by atoms with Crippen molar-refractivity contribution in [3.05, 3.63) is 60.7 Å². The molecule has 23 heavy (non-hydrogen) atoms. The lowest BCUT2D eigenvalue weighted by atomic mass is 10.0. The summed E-state index contributed by atoms with van der Waals surface area (Å²) >= 11 is 1.51. The Labute approximate surface area is 138 Å². The molecule has 6 heteroatoms. The highest BCUT2D eigenvalue weighted by Gasteiger charge is 2.03. The number of aromatic amines is 1. The SMILES string of the molecule is C=CCSc1n[nH]c(N/N=C(\C)c2ccc3ccccc3c2)n1. The predicted molar refractivity (Wildman–Crippen MR) is 97.1 cm³/mol. The minimum atomic E-state index is 0.525. The first-order valence-electron chi connectivity index (χ1n) is 7.22. The van der Waals surface area contributed by atoms with Crippen molar-refractivity contribution in [3.63, 3.8) is 0 Å². The van der Waals surface area contributed by atoms with E-state index in [0.29, 0.717) is 11.1 Å². The van der Waals surface area contributed by atoms with Crippen LogP contribution in [0.4, 0.5) is 5.95 Å².